The molecule has 0 rings (SSSR count). The van der Waals surface area contributed by atoms with E-state index in [9.17, 15) is 8.42 Å². The predicted molar refractivity (Wildman–Crippen MR) is 119 cm³/mol. The molecule has 0 aliphatic rings. The van der Waals surface area contributed by atoms with E-state index >= 15 is 0 Å². The zero-order chi connectivity index (χ0) is 19.7. The fraction of sp³-hybridized carbons (Fsp3) is 1.00. The lowest BCUT2D eigenvalue weighted by molar-refractivity contribution is 0.288. The summed E-state index contributed by atoms with van der Waals surface area (Å²) in [5.41, 5.74) is 0. The van der Waals surface area contributed by atoms with Crippen LogP contribution in [0.25, 0.3) is 0 Å². The second-order valence-corrected chi connectivity index (χ2v) is 10.6. The molecular weight excluding hydrogens is 358 g/mol. The Morgan fingerprint density at radius 2 is 1.00 bits per heavy atom. The third-order valence-corrected chi connectivity index (χ3v) is 7.33. The minimum atomic E-state index is -3.47. The first-order valence-corrected chi connectivity index (χ1v) is 12.7. The fourth-order valence-corrected chi connectivity index (χ4v) is 4.25. The van der Waals surface area contributed by atoms with Crippen LogP contribution in [-0.4, -0.2) is 19.8 Å². The number of rotatable bonds is 19. The first-order valence-electron chi connectivity index (χ1n) is 11.3. The quantitative estimate of drug-likeness (QED) is 0.177. The summed E-state index contributed by atoms with van der Waals surface area (Å²) < 4.78 is 29.4. The van der Waals surface area contributed by atoms with Crippen LogP contribution in [0.3, 0.4) is 0 Å². The van der Waals surface area contributed by atoms with E-state index in [-0.39, 0.29) is 6.15 Å². The van der Waals surface area contributed by atoms with Gasteiger partial charge >= 0.3 is 0 Å². The predicted octanol–water partition coefficient (Wildman–Crippen LogP) is 7.55. The molecule has 0 aromatic carbocycles. The monoisotopic (exact) mass is 407 g/mol. The molecule has 0 radical (unpaired) electrons. The molecule has 0 aliphatic heterocycles. The minimum Gasteiger partial charge on any atom is -0.344 e. The molecule has 0 spiro atoms. The molecule has 0 heterocycles. The average molecular weight is 408 g/mol. The van der Waals surface area contributed by atoms with Crippen molar-refractivity contribution in [3.8, 4) is 0 Å². The lowest BCUT2D eigenvalue weighted by atomic mass is 10.0. The molecule has 0 aromatic rings. The first kappa shape index (κ1) is 29.1. The molecule has 0 saturated carbocycles. The average Bonchev–Trinajstić information content (AvgIpc) is 2.59. The van der Waals surface area contributed by atoms with E-state index in [0.717, 1.165) is 25.7 Å². The molecule has 0 bridgehead atoms. The van der Waals surface area contributed by atoms with Gasteiger partial charge in [-0.1, -0.05) is 104 Å². The highest BCUT2D eigenvalue weighted by atomic mass is 32.2. The second-order valence-electron chi connectivity index (χ2n) is 8.38. The maximum absolute atomic E-state index is 12.4. The molecule has 0 unspecified atom stereocenters. The van der Waals surface area contributed by atoms with Crippen molar-refractivity contribution in [2.75, 3.05) is 6.61 Å². The van der Waals surface area contributed by atoms with E-state index in [1.807, 2.05) is 13.8 Å². The molecule has 166 valence electrons. The number of hydrogen-bond acceptors (Lipinski definition) is 4. The van der Waals surface area contributed by atoms with Gasteiger partial charge in [-0.3, -0.25) is 4.18 Å². The van der Waals surface area contributed by atoms with E-state index in [1.54, 1.807) is 0 Å². The Hall–Kier alpha value is -0.130. The third kappa shape index (κ3) is 15.5. The van der Waals surface area contributed by atoms with Crippen LogP contribution in [0.4, 0.5) is 0 Å². The van der Waals surface area contributed by atoms with Crippen LogP contribution in [0.2, 0.25) is 0 Å². The normalized spacial score (nSPS) is 12.1. The Kier molecular flexibility index (Phi) is 19.3. The van der Waals surface area contributed by atoms with Crippen molar-refractivity contribution in [3.63, 3.8) is 0 Å². The maximum Gasteiger partial charge on any atom is 0.272 e. The summed E-state index contributed by atoms with van der Waals surface area (Å²) in [7, 11) is -3.47. The van der Waals surface area contributed by atoms with E-state index in [2.05, 4.69) is 13.8 Å². The van der Waals surface area contributed by atoms with Gasteiger partial charge in [0.1, 0.15) is 0 Å². The Labute approximate surface area is 170 Å². The molecule has 0 aromatic heterocycles. The van der Waals surface area contributed by atoms with Gasteiger partial charge in [0.25, 0.3) is 10.1 Å². The van der Waals surface area contributed by atoms with Gasteiger partial charge in [-0.05, 0) is 26.7 Å². The molecule has 0 saturated heterocycles. The summed E-state index contributed by atoms with van der Waals surface area (Å²) in [6.07, 6.45) is 18.8. The van der Waals surface area contributed by atoms with Crippen LogP contribution in [0.15, 0.2) is 0 Å². The summed E-state index contributed by atoms with van der Waals surface area (Å²) >= 11 is 0. The first-order chi connectivity index (χ1) is 12.4. The minimum absolute atomic E-state index is 0. The van der Waals surface area contributed by atoms with Gasteiger partial charge in [-0.25, -0.2) is 0 Å². The lowest BCUT2D eigenvalue weighted by Gasteiger charge is -2.24. The zero-order valence-corrected chi connectivity index (χ0v) is 19.7. The van der Waals surface area contributed by atoms with Crippen molar-refractivity contribution < 1.29 is 12.6 Å². The van der Waals surface area contributed by atoms with Crippen LogP contribution >= 0.6 is 0 Å². The second kappa shape index (κ2) is 17.9. The number of unbranched alkanes of at least 4 members (excludes halogenated alkanes) is 13. The summed E-state index contributed by atoms with van der Waals surface area (Å²) in [5.74, 6) is 0. The summed E-state index contributed by atoms with van der Waals surface area (Å²) in [6, 6.07) is 0. The highest BCUT2D eigenvalue weighted by Crippen LogP contribution is 2.26. The van der Waals surface area contributed by atoms with Gasteiger partial charge in [-0.15, -0.1) is 0 Å². The molecule has 27 heavy (non-hydrogen) atoms. The van der Waals surface area contributed by atoms with Crippen molar-refractivity contribution in [2.45, 2.75) is 135 Å². The van der Waals surface area contributed by atoms with Crippen molar-refractivity contribution in [3.05, 3.63) is 0 Å². The van der Waals surface area contributed by atoms with Crippen LogP contribution in [0.5, 0.6) is 0 Å². The van der Waals surface area contributed by atoms with E-state index in [0.29, 0.717) is 13.0 Å². The van der Waals surface area contributed by atoms with Crippen LogP contribution in [0.1, 0.15) is 130 Å². The molecular formula is C22H49NO3S. The third-order valence-electron chi connectivity index (χ3n) is 5.30. The van der Waals surface area contributed by atoms with Crippen LogP contribution in [-0.2, 0) is 14.3 Å². The van der Waals surface area contributed by atoms with Crippen LogP contribution < -0.4 is 6.15 Å². The van der Waals surface area contributed by atoms with Crippen LogP contribution in [0, 0.1) is 0 Å². The van der Waals surface area contributed by atoms with Gasteiger partial charge in [-0.2, -0.15) is 8.42 Å². The van der Waals surface area contributed by atoms with E-state index < -0.39 is 14.9 Å². The summed E-state index contributed by atoms with van der Waals surface area (Å²) in [5, 5.41) is 0. The summed E-state index contributed by atoms with van der Waals surface area (Å²) in [4.78, 5) is 0. The van der Waals surface area contributed by atoms with Crippen molar-refractivity contribution in [1.29, 1.82) is 0 Å². The standard InChI is InChI=1S/C22H46O3S.H3N/c1-5-7-9-11-13-15-17-19-21-25-26(23,24)22(3,4)20-18-16-14-12-10-8-6-2;/h5-21H2,1-4H3;1H3. The highest BCUT2D eigenvalue weighted by molar-refractivity contribution is 7.88. The van der Waals surface area contributed by atoms with Crippen molar-refractivity contribution in [1.82, 2.24) is 6.15 Å². The van der Waals surface area contributed by atoms with Gasteiger partial charge in [0.05, 0.1) is 11.4 Å². The molecule has 0 atom stereocenters. The van der Waals surface area contributed by atoms with E-state index in [1.165, 1.54) is 70.6 Å². The highest BCUT2D eigenvalue weighted by Gasteiger charge is 2.34. The Bertz CT molecular complexity index is 408. The SMILES string of the molecule is CCCCCCCCCCOS(=O)(=O)C(C)(C)CCCCCCCCC.N. The zero-order valence-electron chi connectivity index (χ0n) is 18.9. The van der Waals surface area contributed by atoms with Gasteiger partial charge in [0, 0.05) is 0 Å². The van der Waals surface area contributed by atoms with Crippen molar-refractivity contribution in [2.24, 2.45) is 0 Å². The Morgan fingerprint density at radius 1 is 0.630 bits per heavy atom. The Balaban J connectivity index is 0. The largest absolute Gasteiger partial charge is 0.344 e. The van der Waals surface area contributed by atoms with E-state index in [4.69, 9.17) is 4.18 Å². The smallest absolute Gasteiger partial charge is 0.272 e. The molecule has 0 aliphatic carbocycles. The lowest BCUT2D eigenvalue weighted by Crippen LogP contribution is -2.33. The fourth-order valence-electron chi connectivity index (χ4n) is 3.20. The molecule has 0 amide bonds. The van der Waals surface area contributed by atoms with Gasteiger partial charge in [0.2, 0.25) is 0 Å². The number of hydrogen-bond donors (Lipinski definition) is 1. The molecule has 3 N–H and O–H groups in total. The Morgan fingerprint density at radius 3 is 1.44 bits per heavy atom. The topological polar surface area (TPSA) is 78.4 Å². The summed E-state index contributed by atoms with van der Waals surface area (Å²) in [6.45, 7) is 8.42. The maximum atomic E-state index is 12.4. The van der Waals surface area contributed by atoms with Gasteiger partial charge in [0.15, 0.2) is 0 Å². The van der Waals surface area contributed by atoms with Crippen molar-refractivity contribution >= 4 is 10.1 Å². The van der Waals surface area contributed by atoms with Gasteiger partial charge < -0.3 is 6.15 Å². The molecule has 0 fully saturated rings. The molecule has 4 nitrogen and oxygen atoms in total. The molecule has 5 heteroatoms.